The van der Waals surface area contributed by atoms with E-state index in [1.165, 1.54) is 0 Å². The number of nitrogens with two attached hydrogens (primary N) is 1. The molecule has 0 spiro atoms. The number of hydrogen-bond acceptors (Lipinski definition) is 2. The van der Waals surface area contributed by atoms with Gasteiger partial charge in [-0.3, -0.25) is 5.01 Å². The third kappa shape index (κ3) is 1.28. The smallest absolute Gasteiger partial charge is 0.129 e. The van der Waals surface area contributed by atoms with E-state index in [-0.39, 0.29) is 0 Å². The molecule has 0 amide bonds. The summed E-state index contributed by atoms with van der Waals surface area (Å²) in [5.74, 6) is 6.57. The van der Waals surface area contributed by atoms with E-state index < -0.39 is 0 Å². The summed E-state index contributed by atoms with van der Waals surface area (Å²) in [6.45, 7) is 3.69. The SMILES string of the molecule is C=Cc1ccn(C)c1N(C)N. The fourth-order valence-corrected chi connectivity index (χ4v) is 1.15. The third-order valence-electron chi connectivity index (χ3n) is 1.62. The quantitative estimate of drug-likeness (QED) is 0.505. The van der Waals surface area contributed by atoms with Crippen LogP contribution in [0.25, 0.3) is 6.08 Å². The minimum atomic E-state index is 0.972. The molecule has 0 atom stereocenters. The van der Waals surface area contributed by atoms with Gasteiger partial charge in [0.15, 0.2) is 0 Å². The van der Waals surface area contributed by atoms with Gasteiger partial charge in [0.1, 0.15) is 5.82 Å². The van der Waals surface area contributed by atoms with E-state index >= 15 is 0 Å². The zero-order valence-electron chi connectivity index (χ0n) is 6.91. The Morgan fingerprint density at radius 2 is 2.36 bits per heavy atom. The fraction of sp³-hybridized carbons (Fsp3) is 0.250. The maximum Gasteiger partial charge on any atom is 0.129 e. The lowest BCUT2D eigenvalue weighted by molar-refractivity contribution is 0.856. The molecule has 0 unspecified atom stereocenters. The predicted molar refractivity (Wildman–Crippen MR) is 48.1 cm³/mol. The molecule has 1 heterocycles. The van der Waals surface area contributed by atoms with Crippen LogP contribution in [0.2, 0.25) is 0 Å². The molecule has 0 radical (unpaired) electrons. The van der Waals surface area contributed by atoms with E-state index in [0.717, 1.165) is 11.4 Å². The molecular weight excluding hydrogens is 138 g/mol. The van der Waals surface area contributed by atoms with Gasteiger partial charge in [-0.2, -0.15) is 0 Å². The van der Waals surface area contributed by atoms with Crippen molar-refractivity contribution in [1.29, 1.82) is 0 Å². The van der Waals surface area contributed by atoms with Crippen LogP contribution in [0.15, 0.2) is 18.8 Å². The second kappa shape index (κ2) is 2.80. The van der Waals surface area contributed by atoms with Gasteiger partial charge in [0.2, 0.25) is 0 Å². The van der Waals surface area contributed by atoms with Crippen LogP contribution in [0, 0.1) is 0 Å². The van der Waals surface area contributed by atoms with E-state index in [1.54, 1.807) is 11.1 Å². The Bertz CT molecular complexity index is 260. The van der Waals surface area contributed by atoms with Crippen molar-refractivity contribution in [2.75, 3.05) is 12.1 Å². The zero-order chi connectivity index (χ0) is 8.43. The van der Waals surface area contributed by atoms with Gasteiger partial charge in [-0.15, -0.1) is 0 Å². The Morgan fingerprint density at radius 3 is 2.73 bits per heavy atom. The second-order valence-electron chi connectivity index (χ2n) is 2.52. The minimum absolute atomic E-state index is 0.972. The van der Waals surface area contributed by atoms with E-state index in [2.05, 4.69) is 6.58 Å². The van der Waals surface area contributed by atoms with Gasteiger partial charge in [0.25, 0.3) is 0 Å². The maximum absolute atomic E-state index is 5.60. The number of hydrazine groups is 1. The average molecular weight is 151 g/mol. The summed E-state index contributed by atoms with van der Waals surface area (Å²) in [5.41, 5.74) is 1.05. The van der Waals surface area contributed by atoms with Gasteiger partial charge < -0.3 is 4.57 Å². The number of aryl methyl sites for hydroxylation is 1. The Balaban J connectivity index is 3.17. The molecule has 1 aromatic heterocycles. The highest BCUT2D eigenvalue weighted by atomic mass is 15.4. The Labute approximate surface area is 66.7 Å². The van der Waals surface area contributed by atoms with Crippen LogP contribution < -0.4 is 10.9 Å². The summed E-state index contributed by atoms with van der Waals surface area (Å²) in [6, 6.07) is 1.98. The largest absolute Gasteiger partial charge is 0.336 e. The first-order valence-corrected chi connectivity index (χ1v) is 3.43. The lowest BCUT2D eigenvalue weighted by Crippen LogP contribution is -2.27. The van der Waals surface area contributed by atoms with Gasteiger partial charge in [0, 0.05) is 25.9 Å². The number of nitrogens with zero attached hydrogens (tertiary/aromatic N) is 2. The highest BCUT2D eigenvalue weighted by molar-refractivity contribution is 5.63. The van der Waals surface area contributed by atoms with Crippen molar-refractivity contribution >= 4 is 11.9 Å². The number of hydrogen-bond donors (Lipinski definition) is 1. The summed E-state index contributed by atoms with van der Waals surface area (Å²) in [5, 5.41) is 1.58. The highest BCUT2D eigenvalue weighted by Gasteiger charge is 2.04. The summed E-state index contributed by atoms with van der Waals surface area (Å²) in [6.07, 6.45) is 3.74. The molecule has 0 aromatic carbocycles. The summed E-state index contributed by atoms with van der Waals surface area (Å²) >= 11 is 0. The van der Waals surface area contributed by atoms with Gasteiger partial charge >= 0.3 is 0 Å². The molecule has 0 aliphatic rings. The van der Waals surface area contributed by atoms with Gasteiger partial charge in [-0.25, -0.2) is 5.84 Å². The van der Waals surface area contributed by atoms with E-state index in [4.69, 9.17) is 5.84 Å². The van der Waals surface area contributed by atoms with E-state index in [9.17, 15) is 0 Å². The van der Waals surface area contributed by atoms with Crippen molar-refractivity contribution in [3.8, 4) is 0 Å². The van der Waals surface area contributed by atoms with Crippen molar-refractivity contribution in [2.45, 2.75) is 0 Å². The van der Waals surface area contributed by atoms with Crippen molar-refractivity contribution in [2.24, 2.45) is 12.9 Å². The molecule has 0 aliphatic carbocycles. The van der Waals surface area contributed by atoms with Gasteiger partial charge in [-0.1, -0.05) is 12.7 Å². The summed E-state index contributed by atoms with van der Waals surface area (Å²) in [4.78, 5) is 0. The third-order valence-corrected chi connectivity index (χ3v) is 1.62. The van der Waals surface area contributed by atoms with Crippen LogP contribution in [0.4, 0.5) is 5.82 Å². The van der Waals surface area contributed by atoms with Crippen LogP contribution >= 0.6 is 0 Å². The van der Waals surface area contributed by atoms with E-state index in [0.29, 0.717) is 0 Å². The number of rotatable bonds is 2. The molecule has 11 heavy (non-hydrogen) atoms. The lowest BCUT2D eigenvalue weighted by Gasteiger charge is -2.14. The highest BCUT2D eigenvalue weighted by Crippen LogP contribution is 2.18. The molecule has 60 valence electrons. The fourth-order valence-electron chi connectivity index (χ4n) is 1.15. The standard InChI is InChI=1S/C8H13N3/c1-4-7-5-6-10(2)8(7)11(3)9/h4-6H,1,9H2,2-3H3. The Kier molecular flexibility index (Phi) is 2.01. The summed E-state index contributed by atoms with van der Waals surface area (Å²) in [7, 11) is 3.76. The predicted octanol–water partition coefficient (Wildman–Crippen LogP) is 0.978. The molecule has 3 heteroatoms. The molecule has 0 saturated heterocycles. The van der Waals surface area contributed by atoms with Crippen molar-refractivity contribution in [3.05, 3.63) is 24.4 Å². The van der Waals surface area contributed by atoms with Crippen LogP contribution in [0.3, 0.4) is 0 Å². The molecule has 0 saturated carbocycles. The monoisotopic (exact) mass is 151 g/mol. The number of aromatic nitrogens is 1. The molecule has 0 bridgehead atoms. The molecule has 0 aliphatic heterocycles. The van der Waals surface area contributed by atoms with Gasteiger partial charge in [0.05, 0.1) is 0 Å². The zero-order valence-corrected chi connectivity index (χ0v) is 6.91. The Morgan fingerprint density at radius 1 is 1.73 bits per heavy atom. The molecule has 1 rings (SSSR count). The van der Waals surface area contributed by atoms with Crippen molar-refractivity contribution in [3.63, 3.8) is 0 Å². The van der Waals surface area contributed by atoms with Crippen LogP contribution in [0.1, 0.15) is 5.56 Å². The van der Waals surface area contributed by atoms with Crippen molar-refractivity contribution in [1.82, 2.24) is 4.57 Å². The van der Waals surface area contributed by atoms with Crippen molar-refractivity contribution < 1.29 is 0 Å². The normalized spacial score (nSPS) is 9.73. The first-order valence-electron chi connectivity index (χ1n) is 3.43. The second-order valence-corrected chi connectivity index (χ2v) is 2.52. The van der Waals surface area contributed by atoms with Crippen LogP contribution in [-0.4, -0.2) is 11.6 Å². The minimum Gasteiger partial charge on any atom is -0.336 e. The molecular formula is C8H13N3. The summed E-state index contributed by atoms with van der Waals surface area (Å²) < 4.78 is 1.96. The maximum atomic E-state index is 5.60. The molecule has 2 N–H and O–H groups in total. The first-order chi connectivity index (χ1) is 5.16. The number of anilines is 1. The van der Waals surface area contributed by atoms with E-state index in [1.807, 2.05) is 30.9 Å². The molecule has 3 nitrogen and oxygen atoms in total. The molecule has 1 aromatic rings. The van der Waals surface area contributed by atoms with Crippen LogP contribution in [-0.2, 0) is 7.05 Å². The van der Waals surface area contributed by atoms with Gasteiger partial charge in [-0.05, 0) is 6.07 Å². The lowest BCUT2D eigenvalue weighted by atomic mass is 10.3. The first kappa shape index (κ1) is 7.88. The average Bonchev–Trinajstić information content (AvgIpc) is 2.30. The molecule has 0 fully saturated rings. The Hall–Kier alpha value is -1.22. The van der Waals surface area contributed by atoms with Crippen LogP contribution in [0.5, 0.6) is 0 Å². The topological polar surface area (TPSA) is 34.2 Å².